The van der Waals surface area contributed by atoms with E-state index in [9.17, 15) is 14.7 Å². The third-order valence-electron chi connectivity index (χ3n) is 7.14. The van der Waals surface area contributed by atoms with Crippen molar-refractivity contribution in [3.8, 4) is 16.9 Å². The van der Waals surface area contributed by atoms with Crippen LogP contribution in [0.3, 0.4) is 0 Å². The number of rotatable bonds is 15. The van der Waals surface area contributed by atoms with Crippen LogP contribution in [0.2, 0.25) is 5.02 Å². The number of aromatic carboxylic acids is 1. The van der Waals surface area contributed by atoms with Gasteiger partial charge in [-0.15, -0.1) is 0 Å². The van der Waals surface area contributed by atoms with Gasteiger partial charge in [-0.05, 0) is 84.0 Å². The first kappa shape index (κ1) is 30.8. The predicted octanol–water partition coefficient (Wildman–Crippen LogP) is 7.67. The fourth-order valence-corrected chi connectivity index (χ4v) is 4.84. The molecule has 1 N–H and O–H groups in total. The largest absolute Gasteiger partial charge is 0.489 e. The van der Waals surface area contributed by atoms with Crippen molar-refractivity contribution in [1.82, 2.24) is 4.90 Å². The molecule has 0 atom stereocenters. The summed E-state index contributed by atoms with van der Waals surface area (Å²) in [6.07, 6.45) is 2.79. The molecule has 0 fully saturated rings. The van der Waals surface area contributed by atoms with Gasteiger partial charge >= 0.3 is 11.9 Å². The van der Waals surface area contributed by atoms with Crippen LogP contribution in [-0.4, -0.2) is 42.1 Å². The second-order valence-corrected chi connectivity index (χ2v) is 10.6. The molecule has 0 aromatic heterocycles. The predicted molar refractivity (Wildman–Crippen MR) is 166 cm³/mol. The van der Waals surface area contributed by atoms with Crippen LogP contribution in [0.15, 0.2) is 97.1 Å². The van der Waals surface area contributed by atoms with Gasteiger partial charge in [0.1, 0.15) is 12.4 Å². The number of carbonyl (C=O) groups is 2. The van der Waals surface area contributed by atoms with Crippen LogP contribution in [0.4, 0.5) is 0 Å². The van der Waals surface area contributed by atoms with Crippen LogP contribution in [0.25, 0.3) is 11.1 Å². The van der Waals surface area contributed by atoms with Crippen molar-refractivity contribution in [3.63, 3.8) is 0 Å². The molecule has 4 aromatic carbocycles. The Balaban J connectivity index is 1.37. The third kappa shape index (κ3) is 9.47. The van der Waals surface area contributed by atoms with Gasteiger partial charge in [-0.25, -0.2) is 4.79 Å². The monoisotopic (exact) mass is 585 g/mol. The van der Waals surface area contributed by atoms with Gasteiger partial charge in [-0.2, -0.15) is 0 Å². The molecule has 4 aromatic rings. The number of hydrogen-bond donors (Lipinski definition) is 1. The molecule has 7 heteroatoms. The van der Waals surface area contributed by atoms with Gasteiger partial charge < -0.3 is 14.6 Å². The van der Waals surface area contributed by atoms with Gasteiger partial charge in [-0.1, -0.05) is 78.3 Å². The molecule has 4 rings (SSSR count). The molecule has 0 spiro atoms. The summed E-state index contributed by atoms with van der Waals surface area (Å²) in [5.74, 6) is -0.275. The van der Waals surface area contributed by atoms with Crippen molar-refractivity contribution < 1.29 is 24.2 Å². The molecule has 0 saturated heterocycles. The minimum atomic E-state index is -0.935. The van der Waals surface area contributed by atoms with Gasteiger partial charge in [0.25, 0.3) is 0 Å². The van der Waals surface area contributed by atoms with E-state index >= 15 is 0 Å². The Bertz CT molecular complexity index is 1440. The third-order valence-corrected chi connectivity index (χ3v) is 7.39. The molecule has 0 unspecified atom stereocenters. The molecule has 42 heavy (non-hydrogen) atoms. The number of benzene rings is 4. The first-order valence-electron chi connectivity index (χ1n) is 14.1. The number of para-hydroxylation sites is 1. The second-order valence-electron chi connectivity index (χ2n) is 10.2. The number of carboxylic acids is 1. The Labute approximate surface area is 252 Å². The molecule has 0 bridgehead atoms. The van der Waals surface area contributed by atoms with E-state index in [0.717, 1.165) is 70.9 Å². The summed E-state index contributed by atoms with van der Waals surface area (Å²) in [6.45, 7) is 2.74. The maximum absolute atomic E-state index is 11.5. The molecule has 0 amide bonds. The quantitative estimate of drug-likeness (QED) is 0.114. The molecule has 0 heterocycles. The maximum Gasteiger partial charge on any atom is 0.335 e. The van der Waals surface area contributed by atoms with Gasteiger partial charge in [-0.3, -0.25) is 9.69 Å². The lowest BCUT2D eigenvalue weighted by molar-refractivity contribution is -0.140. The summed E-state index contributed by atoms with van der Waals surface area (Å²) in [5, 5.41) is 9.94. The molecular formula is C35H36ClNO5. The number of nitrogens with zero attached hydrogens (tertiary/aromatic N) is 1. The van der Waals surface area contributed by atoms with Crippen molar-refractivity contribution in [2.24, 2.45) is 0 Å². The summed E-state index contributed by atoms with van der Waals surface area (Å²) in [4.78, 5) is 25.1. The minimum absolute atomic E-state index is 0.198. The summed E-state index contributed by atoms with van der Waals surface area (Å²) in [6, 6.07) is 31.3. The second kappa shape index (κ2) is 15.8. The smallest absolute Gasteiger partial charge is 0.335 e. The number of ether oxygens (including phenoxy) is 2. The topological polar surface area (TPSA) is 76.1 Å². The Morgan fingerprint density at radius 3 is 2.10 bits per heavy atom. The van der Waals surface area contributed by atoms with Gasteiger partial charge in [0.05, 0.1) is 12.7 Å². The minimum Gasteiger partial charge on any atom is -0.489 e. The number of halogens is 1. The lowest BCUT2D eigenvalue weighted by Gasteiger charge is -2.23. The highest BCUT2D eigenvalue weighted by Crippen LogP contribution is 2.24. The fraction of sp³-hybridized carbons (Fsp3) is 0.257. The van der Waals surface area contributed by atoms with Crippen LogP contribution in [-0.2, 0) is 29.1 Å². The first-order chi connectivity index (χ1) is 20.4. The lowest BCUT2D eigenvalue weighted by atomic mass is 10.0. The van der Waals surface area contributed by atoms with E-state index in [1.54, 1.807) is 12.1 Å². The van der Waals surface area contributed by atoms with E-state index in [0.29, 0.717) is 19.6 Å². The Morgan fingerprint density at radius 2 is 1.43 bits per heavy atom. The average molecular weight is 586 g/mol. The standard InChI is InChI=1S/C35H36ClNO5/c1-41-34(38)8-4-5-22-37(24-26-9-15-31(16-10-26)35(39)40)23-21-30-6-2-3-7-33(30)42-25-27-11-13-28(14-12-27)29-17-19-32(36)20-18-29/h2-3,6-7,9-20H,4-5,8,21-25H2,1H3,(H,39,40). The van der Waals surface area contributed by atoms with Crippen molar-refractivity contribution in [1.29, 1.82) is 0 Å². The molecule has 0 aliphatic heterocycles. The fourth-order valence-electron chi connectivity index (χ4n) is 4.71. The molecular weight excluding hydrogens is 550 g/mol. The SMILES string of the molecule is COC(=O)CCCCN(CCc1ccccc1OCc1ccc(-c2ccc(Cl)cc2)cc1)Cc1ccc(C(=O)O)cc1. The Morgan fingerprint density at radius 1 is 0.786 bits per heavy atom. The van der Waals surface area contributed by atoms with Crippen LogP contribution in [0, 0.1) is 0 Å². The van der Waals surface area contributed by atoms with Crippen molar-refractivity contribution in [2.75, 3.05) is 20.2 Å². The van der Waals surface area contributed by atoms with E-state index in [1.165, 1.54) is 7.11 Å². The number of esters is 1. The highest BCUT2D eigenvalue weighted by atomic mass is 35.5. The normalized spacial score (nSPS) is 10.9. The van der Waals surface area contributed by atoms with Crippen molar-refractivity contribution in [2.45, 2.75) is 38.8 Å². The lowest BCUT2D eigenvalue weighted by Crippen LogP contribution is -2.27. The molecule has 0 aliphatic rings. The zero-order valence-electron chi connectivity index (χ0n) is 23.8. The summed E-state index contributed by atoms with van der Waals surface area (Å²) in [5.41, 5.74) is 5.76. The van der Waals surface area contributed by atoms with Crippen molar-refractivity contribution in [3.05, 3.63) is 124 Å². The average Bonchev–Trinajstić information content (AvgIpc) is 3.02. The van der Waals surface area contributed by atoms with Crippen LogP contribution < -0.4 is 4.74 Å². The van der Waals surface area contributed by atoms with E-state index in [-0.39, 0.29) is 11.5 Å². The zero-order valence-corrected chi connectivity index (χ0v) is 24.6. The van der Waals surface area contributed by atoms with E-state index in [2.05, 4.69) is 35.2 Å². The van der Waals surface area contributed by atoms with Crippen molar-refractivity contribution >= 4 is 23.5 Å². The molecule has 0 aliphatic carbocycles. The van der Waals surface area contributed by atoms with Crippen LogP contribution in [0.5, 0.6) is 5.75 Å². The number of carboxylic acid groups (broad SMARTS) is 1. The van der Waals surface area contributed by atoms with E-state index < -0.39 is 5.97 Å². The highest BCUT2D eigenvalue weighted by Gasteiger charge is 2.12. The molecule has 218 valence electrons. The van der Waals surface area contributed by atoms with Gasteiger partial charge in [0.15, 0.2) is 0 Å². The summed E-state index contributed by atoms with van der Waals surface area (Å²) in [7, 11) is 1.41. The van der Waals surface area contributed by atoms with Gasteiger partial charge in [0.2, 0.25) is 0 Å². The van der Waals surface area contributed by atoms with Crippen LogP contribution >= 0.6 is 11.6 Å². The molecule has 0 saturated carbocycles. The molecule has 0 radical (unpaired) electrons. The zero-order chi connectivity index (χ0) is 29.7. The van der Waals surface area contributed by atoms with E-state index in [1.807, 2.05) is 54.6 Å². The number of unbranched alkanes of at least 4 members (excludes halogenated alkanes) is 1. The molecule has 6 nitrogen and oxygen atoms in total. The number of hydrogen-bond acceptors (Lipinski definition) is 5. The Kier molecular flexibility index (Phi) is 11.6. The number of methoxy groups -OCH3 is 1. The van der Waals surface area contributed by atoms with E-state index in [4.69, 9.17) is 21.1 Å². The number of carbonyl (C=O) groups excluding carboxylic acids is 1. The first-order valence-corrected chi connectivity index (χ1v) is 14.5. The highest BCUT2D eigenvalue weighted by molar-refractivity contribution is 6.30. The van der Waals surface area contributed by atoms with Crippen LogP contribution in [0.1, 0.15) is 46.3 Å². The van der Waals surface area contributed by atoms with Gasteiger partial charge in [0, 0.05) is 24.5 Å². The summed E-state index contributed by atoms with van der Waals surface area (Å²) >= 11 is 6.02. The summed E-state index contributed by atoms with van der Waals surface area (Å²) < 4.78 is 11.0. The Hall–Kier alpha value is -4.13. The maximum atomic E-state index is 11.5.